The molecule has 1 N–H and O–H groups in total. The van der Waals surface area contributed by atoms with E-state index in [0.29, 0.717) is 12.7 Å². The van der Waals surface area contributed by atoms with Gasteiger partial charge < -0.3 is 14.7 Å². The molecule has 67 valence electrons. The zero-order chi connectivity index (χ0) is 8.97. The highest BCUT2D eigenvalue weighted by molar-refractivity contribution is 6.64. The van der Waals surface area contributed by atoms with E-state index < -0.39 is 12.8 Å². The second-order valence-electron chi connectivity index (χ2n) is 3.05. The summed E-state index contributed by atoms with van der Waals surface area (Å²) in [5, 5.41) is 9.14. The van der Waals surface area contributed by atoms with Gasteiger partial charge in [0, 0.05) is 5.92 Å². The van der Waals surface area contributed by atoms with Crippen LogP contribution < -0.4 is 0 Å². The zero-order valence-corrected chi connectivity index (χ0v) is 6.82. The van der Waals surface area contributed by atoms with Crippen LogP contribution in [0.4, 0.5) is 4.39 Å². The smallest absolute Gasteiger partial charge is 0.293 e. The first kappa shape index (κ1) is 9.67. The van der Waals surface area contributed by atoms with E-state index in [0.717, 1.165) is 13.0 Å². The number of aliphatic hydroxyl groups is 1. The molecule has 0 amide bonds. The van der Waals surface area contributed by atoms with Crippen LogP contribution in [0.2, 0.25) is 0 Å². The lowest BCUT2D eigenvalue weighted by Gasteiger charge is -2.15. The molecule has 0 aromatic heterocycles. The molecule has 5 heteroatoms. The maximum atomic E-state index is 12.0. The van der Waals surface area contributed by atoms with Crippen LogP contribution in [0.1, 0.15) is 6.42 Å². The van der Waals surface area contributed by atoms with Gasteiger partial charge in [-0.25, -0.2) is 4.39 Å². The Morgan fingerprint density at radius 3 is 3.17 bits per heavy atom. The first-order chi connectivity index (χ1) is 5.77. The fraction of sp³-hybridized carbons (Fsp3) is 0.857. The SMILES string of the molecule is O=C[B]N1CCC(C(O)CF)C1. The average Bonchev–Trinajstić information content (AvgIpc) is 2.52. The third kappa shape index (κ3) is 2.28. The van der Waals surface area contributed by atoms with Gasteiger partial charge in [0.1, 0.15) is 6.67 Å². The summed E-state index contributed by atoms with van der Waals surface area (Å²) < 4.78 is 12.0. The quantitative estimate of drug-likeness (QED) is 0.456. The molecule has 1 rings (SSSR count). The van der Waals surface area contributed by atoms with Crippen LogP contribution in [-0.2, 0) is 4.79 Å². The van der Waals surface area contributed by atoms with Crippen LogP contribution in [-0.4, -0.2) is 49.4 Å². The predicted octanol–water partition coefficient (Wildman–Crippen LogP) is -0.552. The van der Waals surface area contributed by atoms with Crippen molar-refractivity contribution < 1.29 is 14.3 Å². The van der Waals surface area contributed by atoms with Gasteiger partial charge in [0.15, 0.2) is 0 Å². The van der Waals surface area contributed by atoms with Crippen LogP contribution in [0.25, 0.3) is 0 Å². The minimum absolute atomic E-state index is 0.0220. The summed E-state index contributed by atoms with van der Waals surface area (Å²) in [6.07, 6.45) is 0.606. The van der Waals surface area contributed by atoms with Crippen LogP contribution in [0, 0.1) is 5.92 Å². The fourth-order valence-corrected chi connectivity index (χ4v) is 1.48. The van der Waals surface area contributed by atoms with E-state index in [1.54, 1.807) is 4.81 Å². The van der Waals surface area contributed by atoms with Crippen LogP contribution in [0.5, 0.6) is 0 Å². The van der Waals surface area contributed by atoms with Crippen LogP contribution in [0.15, 0.2) is 0 Å². The molecular weight excluding hydrogens is 160 g/mol. The van der Waals surface area contributed by atoms with Crippen molar-refractivity contribution in [2.45, 2.75) is 12.5 Å². The number of hydrogen-bond acceptors (Lipinski definition) is 3. The molecule has 0 bridgehead atoms. The number of alkyl halides is 1. The Morgan fingerprint density at radius 2 is 2.58 bits per heavy atom. The second kappa shape index (κ2) is 4.57. The standard InChI is InChI=1S/C7H12BFNO2/c9-3-7(12)6-1-2-10(4-6)8-5-11/h5-7,12H,1-4H2. The summed E-state index contributed by atoms with van der Waals surface area (Å²) in [4.78, 5) is 11.9. The zero-order valence-electron chi connectivity index (χ0n) is 6.82. The van der Waals surface area contributed by atoms with E-state index in [9.17, 15) is 9.18 Å². The summed E-state index contributed by atoms with van der Waals surface area (Å²) in [5.41, 5.74) is 0. The highest BCUT2D eigenvalue weighted by Crippen LogP contribution is 2.18. The highest BCUT2D eigenvalue weighted by Gasteiger charge is 2.27. The molecule has 2 atom stereocenters. The molecular formula is C7H12BFNO2. The van der Waals surface area contributed by atoms with Crippen molar-refractivity contribution in [1.29, 1.82) is 0 Å². The van der Waals surface area contributed by atoms with Crippen molar-refractivity contribution >= 4 is 13.6 Å². The van der Waals surface area contributed by atoms with Crippen molar-refractivity contribution in [3.8, 4) is 0 Å². The van der Waals surface area contributed by atoms with Gasteiger partial charge in [0.25, 0.3) is 7.41 Å². The largest absolute Gasteiger partial charge is 0.390 e. The number of rotatable bonds is 4. The van der Waals surface area contributed by atoms with Gasteiger partial charge in [-0.15, -0.1) is 0 Å². The second-order valence-corrected chi connectivity index (χ2v) is 3.05. The lowest BCUT2D eigenvalue weighted by atomic mass is 9.95. The number of carbonyl (C=O) groups is 1. The molecule has 12 heavy (non-hydrogen) atoms. The molecule has 1 fully saturated rings. The Balaban J connectivity index is 2.29. The predicted molar refractivity (Wildman–Crippen MR) is 44.2 cm³/mol. The third-order valence-electron chi connectivity index (χ3n) is 2.23. The van der Waals surface area contributed by atoms with E-state index in [1.165, 1.54) is 7.41 Å². The maximum Gasteiger partial charge on any atom is 0.293 e. The molecule has 1 saturated heterocycles. The van der Waals surface area contributed by atoms with Crippen LogP contribution >= 0.6 is 0 Å². The Hall–Kier alpha value is -0.415. The molecule has 0 aliphatic carbocycles. The van der Waals surface area contributed by atoms with E-state index in [4.69, 9.17) is 5.11 Å². The number of carbonyl (C=O) groups excluding carboxylic acids is 1. The molecule has 0 aromatic rings. The van der Waals surface area contributed by atoms with Crippen molar-refractivity contribution in [3.63, 3.8) is 0 Å². The Bertz CT molecular complexity index is 158. The van der Waals surface area contributed by atoms with Crippen molar-refractivity contribution in [2.24, 2.45) is 5.92 Å². The summed E-state index contributed by atoms with van der Waals surface area (Å²) in [6, 6.07) is 0. The van der Waals surface area contributed by atoms with Crippen molar-refractivity contribution in [3.05, 3.63) is 0 Å². The molecule has 0 saturated carbocycles. The highest BCUT2D eigenvalue weighted by atomic mass is 19.1. The first-order valence-corrected chi connectivity index (χ1v) is 4.04. The van der Waals surface area contributed by atoms with E-state index in [-0.39, 0.29) is 5.92 Å². The topological polar surface area (TPSA) is 40.5 Å². The van der Waals surface area contributed by atoms with Gasteiger partial charge >= 0.3 is 0 Å². The fourth-order valence-electron chi connectivity index (χ4n) is 1.48. The van der Waals surface area contributed by atoms with Gasteiger partial charge in [0.05, 0.1) is 12.3 Å². The lowest BCUT2D eigenvalue weighted by Crippen LogP contribution is -2.30. The number of aliphatic hydroxyl groups excluding tert-OH is 1. The Kier molecular flexibility index (Phi) is 3.68. The first-order valence-electron chi connectivity index (χ1n) is 4.04. The minimum Gasteiger partial charge on any atom is -0.390 e. The lowest BCUT2D eigenvalue weighted by molar-refractivity contribution is 0.0867. The molecule has 0 spiro atoms. The maximum absolute atomic E-state index is 12.0. The third-order valence-corrected chi connectivity index (χ3v) is 2.23. The molecule has 1 aliphatic rings. The minimum atomic E-state index is -0.866. The number of halogens is 1. The normalized spacial score (nSPS) is 27.0. The van der Waals surface area contributed by atoms with Gasteiger partial charge in [-0.3, -0.25) is 0 Å². The summed E-state index contributed by atoms with van der Waals surface area (Å²) in [7, 11) is 1.44. The monoisotopic (exact) mass is 172 g/mol. The molecule has 1 aliphatic heterocycles. The van der Waals surface area contributed by atoms with Gasteiger partial charge in [-0.1, -0.05) is 0 Å². The van der Waals surface area contributed by atoms with Gasteiger partial charge in [-0.2, -0.15) is 0 Å². The average molecular weight is 172 g/mol. The Labute approximate surface area is 71.8 Å². The van der Waals surface area contributed by atoms with Gasteiger partial charge in [0.2, 0.25) is 0 Å². The van der Waals surface area contributed by atoms with Crippen LogP contribution in [0.3, 0.4) is 0 Å². The molecule has 1 radical (unpaired) electrons. The number of hydrogen-bond donors (Lipinski definition) is 1. The number of nitrogens with zero attached hydrogens (tertiary/aromatic N) is 1. The molecule has 1 heterocycles. The summed E-state index contributed by atoms with van der Waals surface area (Å²) >= 11 is 0. The van der Waals surface area contributed by atoms with Crippen molar-refractivity contribution in [2.75, 3.05) is 19.8 Å². The van der Waals surface area contributed by atoms with Crippen molar-refractivity contribution in [1.82, 2.24) is 4.81 Å². The van der Waals surface area contributed by atoms with E-state index in [1.807, 2.05) is 0 Å². The molecule has 2 unspecified atom stereocenters. The summed E-state index contributed by atoms with van der Waals surface area (Å²) in [6.45, 7) is 0.629. The summed E-state index contributed by atoms with van der Waals surface area (Å²) in [5.74, 6) is -0.0220. The van der Waals surface area contributed by atoms with Gasteiger partial charge in [-0.05, 0) is 19.5 Å². The Morgan fingerprint density at radius 1 is 1.83 bits per heavy atom. The van der Waals surface area contributed by atoms with E-state index in [2.05, 4.69) is 0 Å². The van der Waals surface area contributed by atoms with E-state index >= 15 is 0 Å². The molecule has 3 nitrogen and oxygen atoms in total. The molecule has 0 aromatic carbocycles.